The van der Waals surface area contributed by atoms with E-state index in [0.29, 0.717) is 48.2 Å². The zero-order valence-electron chi connectivity index (χ0n) is 20.0. The molecule has 10 heteroatoms. The minimum Gasteiger partial charge on any atom is -0.379 e. The zero-order chi connectivity index (χ0) is 24.5. The van der Waals surface area contributed by atoms with Crippen LogP contribution >= 0.6 is 11.8 Å². The molecule has 4 rings (SSSR count). The van der Waals surface area contributed by atoms with Gasteiger partial charge in [-0.1, -0.05) is 18.7 Å². The van der Waals surface area contributed by atoms with Crippen molar-refractivity contribution in [3.8, 4) is 6.07 Å². The summed E-state index contributed by atoms with van der Waals surface area (Å²) in [6.45, 7) is 10.3. The molecule has 2 aromatic heterocycles. The number of hydrogen-bond donors (Lipinski definition) is 0. The number of aromatic nitrogens is 3. The summed E-state index contributed by atoms with van der Waals surface area (Å²) in [4.78, 5) is 9.71. The summed E-state index contributed by atoms with van der Waals surface area (Å²) in [6, 6.07) is 7.48. The maximum Gasteiger partial charge on any atom is 0.243 e. The van der Waals surface area contributed by atoms with E-state index in [9.17, 15) is 13.7 Å². The van der Waals surface area contributed by atoms with Gasteiger partial charge in [0.2, 0.25) is 10.0 Å². The lowest BCUT2D eigenvalue weighted by Gasteiger charge is -2.26. The molecule has 180 valence electrons. The molecule has 1 aromatic carbocycles. The number of thioether (sulfide) groups is 1. The van der Waals surface area contributed by atoms with Gasteiger partial charge in [0, 0.05) is 25.3 Å². The van der Waals surface area contributed by atoms with E-state index in [4.69, 9.17) is 9.72 Å². The Kier molecular flexibility index (Phi) is 7.28. The Morgan fingerprint density at radius 3 is 2.56 bits per heavy atom. The predicted molar refractivity (Wildman–Crippen MR) is 132 cm³/mol. The molecule has 0 spiro atoms. The smallest absolute Gasteiger partial charge is 0.243 e. The van der Waals surface area contributed by atoms with Crippen LogP contribution in [0.15, 0.2) is 28.1 Å². The Morgan fingerprint density at radius 1 is 1.15 bits per heavy atom. The molecule has 1 aliphatic rings. The first-order valence-corrected chi connectivity index (χ1v) is 13.8. The maximum absolute atomic E-state index is 13.1. The van der Waals surface area contributed by atoms with Gasteiger partial charge in [-0.3, -0.25) is 0 Å². The van der Waals surface area contributed by atoms with Gasteiger partial charge in [-0.15, -0.1) is 0 Å². The number of benzene rings is 1. The van der Waals surface area contributed by atoms with Crippen LogP contribution in [0, 0.1) is 32.1 Å². The minimum absolute atomic E-state index is 0.250. The van der Waals surface area contributed by atoms with Crippen molar-refractivity contribution in [2.24, 2.45) is 0 Å². The molecule has 0 N–H and O–H groups in total. The fraction of sp³-hybridized carbons (Fsp3) is 0.458. The molecular formula is C24H29N5O3S2. The summed E-state index contributed by atoms with van der Waals surface area (Å²) in [5, 5.41) is 10.4. The first kappa shape index (κ1) is 24.7. The van der Waals surface area contributed by atoms with E-state index in [1.807, 2.05) is 26.8 Å². The summed E-state index contributed by atoms with van der Waals surface area (Å²) in [5.74, 6) is 1.37. The number of nitriles is 1. The molecule has 1 saturated heterocycles. The molecule has 8 nitrogen and oxygen atoms in total. The van der Waals surface area contributed by atoms with Crippen LogP contribution in [0.4, 0.5) is 0 Å². The third kappa shape index (κ3) is 4.58. The largest absolute Gasteiger partial charge is 0.379 e. The highest BCUT2D eigenvalue weighted by atomic mass is 32.2. The highest BCUT2D eigenvalue weighted by Gasteiger charge is 2.27. The Balaban J connectivity index is 1.68. The number of imidazole rings is 1. The average Bonchev–Trinajstić information content (AvgIpc) is 3.18. The number of sulfonamides is 1. The van der Waals surface area contributed by atoms with Crippen molar-refractivity contribution < 1.29 is 13.2 Å². The molecule has 1 aliphatic heterocycles. The predicted octanol–water partition coefficient (Wildman–Crippen LogP) is 3.95. The van der Waals surface area contributed by atoms with E-state index in [-0.39, 0.29) is 4.90 Å². The zero-order valence-corrected chi connectivity index (χ0v) is 21.6. The molecule has 0 saturated carbocycles. The number of aryl methyl sites for hydroxylation is 2. The van der Waals surface area contributed by atoms with Crippen molar-refractivity contribution in [3.05, 3.63) is 46.4 Å². The van der Waals surface area contributed by atoms with Gasteiger partial charge < -0.3 is 9.30 Å². The number of ether oxygens (including phenoxy) is 1. The Hall–Kier alpha value is -2.45. The van der Waals surface area contributed by atoms with Crippen LogP contribution in [0.1, 0.15) is 41.6 Å². The van der Waals surface area contributed by atoms with E-state index in [1.165, 1.54) is 16.1 Å². The fourth-order valence-corrected chi connectivity index (χ4v) is 6.58. The second-order valence-corrected chi connectivity index (χ2v) is 11.3. The van der Waals surface area contributed by atoms with E-state index in [2.05, 4.69) is 22.5 Å². The van der Waals surface area contributed by atoms with Gasteiger partial charge in [0.1, 0.15) is 16.9 Å². The Bertz CT molecular complexity index is 1370. The van der Waals surface area contributed by atoms with E-state index in [0.717, 1.165) is 41.1 Å². The number of hydrogen-bond acceptors (Lipinski definition) is 7. The van der Waals surface area contributed by atoms with Gasteiger partial charge in [0.05, 0.1) is 40.5 Å². The monoisotopic (exact) mass is 499 g/mol. The summed E-state index contributed by atoms with van der Waals surface area (Å²) in [7, 11) is -3.59. The fourth-order valence-electron chi connectivity index (χ4n) is 4.12. The number of nitrogens with zero attached hydrogens (tertiary/aromatic N) is 5. The highest BCUT2D eigenvalue weighted by molar-refractivity contribution is 7.98. The highest BCUT2D eigenvalue weighted by Crippen LogP contribution is 2.31. The molecule has 0 radical (unpaired) electrons. The van der Waals surface area contributed by atoms with Gasteiger partial charge in [-0.25, -0.2) is 18.4 Å². The van der Waals surface area contributed by atoms with Crippen LogP contribution < -0.4 is 0 Å². The summed E-state index contributed by atoms with van der Waals surface area (Å²) in [5.41, 5.74) is 5.07. The standard InChI is InChI=1S/C24H29N5O3S2/c1-5-8-29-22-7-6-19(34(30,31)28-9-11-32-12-10-28)13-21(22)27-23(29)15-33-24-20(14-25)17(3)16(2)18(4)26-24/h6-7,13H,5,8-12,15H2,1-4H3. The molecule has 3 heterocycles. The first-order chi connectivity index (χ1) is 16.3. The summed E-state index contributed by atoms with van der Waals surface area (Å²) in [6.07, 6.45) is 0.918. The molecule has 0 bridgehead atoms. The number of rotatable bonds is 7. The Morgan fingerprint density at radius 2 is 1.88 bits per heavy atom. The number of pyridine rings is 1. The normalized spacial score (nSPS) is 15.0. The van der Waals surface area contributed by atoms with Crippen LogP contribution in [-0.2, 0) is 27.1 Å². The van der Waals surface area contributed by atoms with Crippen molar-refractivity contribution in [1.82, 2.24) is 18.8 Å². The van der Waals surface area contributed by atoms with Crippen LogP contribution in [0.25, 0.3) is 11.0 Å². The summed E-state index contributed by atoms with van der Waals surface area (Å²) < 4.78 is 35.1. The molecule has 3 aromatic rings. The van der Waals surface area contributed by atoms with Crippen molar-refractivity contribution >= 4 is 32.8 Å². The number of fused-ring (bicyclic) bond motifs is 1. The van der Waals surface area contributed by atoms with E-state index >= 15 is 0 Å². The van der Waals surface area contributed by atoms with Gasteiger partial charge in [0.15, 0.2) is 0 Å². The molecular weight excluding hydrogens is 470 g/mol. The summed E-state index contributed by atoms with van der Waals surface area (Å²) >= 11 is 1.49. The van der Waals surface area contributed by atoms with Crippen LogP contribution in [-0.4, -0.2) is 53.6 Å². The Labute approximate surface area is 205 Å². The molecule has 0 aliphatic carbocycles. The van der Waals surface area contributed by atoms with Gasteiger partial charge in [-0.2, -0.15) is 9.57 Å². The second-order valence-electron chi connectivity index (χ2n) is 8.37. The van der Waals surface area contributed by atoms with Crippen LogP contribution in [0.2, 0.25) is 0 Å². The van der Waals surface area contributed by atoms with Crippen molar-refractivity contribution in [2.75, 3.05) is 26.3 Å². The van der Waals surface area contributed by atoms with Crippen molar-refractivity contribution in [2.45, 2.75) is 56.3 Å². The maximum atomic E-state index is 13.1. The van der Waals surface area contributed by atoms with Gasteiger partial charge in [0.25, 0.3) is 0 Å². The van der Waals surface area contributed by atoms with Gasteiger partial charge in [-0.05, 0) is 56.5 Å². The molecule has 1 fully saturated rings. The molecule has 0 unspecified atom stereocenters. The van der Waals surface area contributed by atoms with Crippen LogP contribution in [0.5, 0.6) is 0 Å². The SMILES string of the molecule is CCCn1c(CSc2nc(C)c(C)c(C)c2C#N)nc2cc(S(=O)(=O)N3CCOCC3)ccc21. The lowest BCUT2D eigenvalue weighted by atomic mass is 10.1. The lowest BCUT2D eigenvalue weighted by Crippen LogP contribution is -2.40. The van der Waals surface area contributed by atoms with Crippen LogP contribution in [0.3, 0.4) is 0 Å². The quantitative estimate of drug-likeness (QED) is 0.454. The third-order valence-corrected chi connectivity index (χ3v) is 9.13. The van der Waals surface area contributed by atoms with Gasteiger partial charge >= 0.3 is 0 Å². The molecule has 34 heavy (non-hydrogen) atoms. The number of morpholine rings is 1. The molecule has 0 amide bonds. The average molecular weight is 500 g/mol. The van der Waals surface area contributed by atoms with Crippen molar-refractivity contribution in [1.29, 1.82) is 5.26 Å². The van der Waals surface area contributed by atoms with Crippen molar-refractivity contribution in [3.63, 3.8) is 0 Å². The first-order valence-electron chi connectivity index (χ1n) is 11.4. The third-order valence-electron chi connectivity index (χ3n) is 6.27. The second kappa shape index (κ2) is 10.0. The topological polar surface area (TPSA) is 101 Å². The lowest BCUT2D eigenvalue weighted by molar-refractivity contribution is 0.0730. The minimum atomic E-state index is -3.59. The molecule has 0 atom stereocenters. The van der Waals surface area contributed by atoms with E-state index in [1.54, 1.807) is 12.1 Å². The van der Waals surface area contributed by atoms with E-state index < -0.39 is 10.0 Å².